The molecule has 0 spiro atoms. The minimum Gasteiger partial charge on any atom is -0.508 e. The number of benzene rings is 3. The summed E-state index contributed by atoms with van der Waals surface area (Å²) in [5.41, 5.74) is 4.65. The van der Waals surface area contributed by atoms with Gasteiger partial charge in [-0.05, 0) is 80.5 Å². The van der Waals surface area contributed by atoms with Gasteiger partial charge in [-0.25, -0.2) is 9.78 Å². The van der Waals surface area contributed by atoms with E-state index in [4.69, 9.17) is 21.3 Å². The van der Waals surface area contributed by atoms with Crippen LogP contribution in [-0.2, 0) is 11.2 Å². The van der Waals surface area contributed by atoms with Crippen molar-refractivity contribution in [3.8, 4) is 33.9 Å². The molecule has 3 aromatic carbocycles. The van der Waals surface area contributed by atoms with E-state index in [1.807, 2.05) is 63.5 Å². The molecule has 8 nitrogen and oxygen atoms in total. The van der Waals surface area contributed by atoms with Crippen LogP contribution < -0.4 is 10.1 Å². The van der Waals surface area contributed by atoms with Crippen LogP contribution in [0.3, 0.4) is 0 Å². The number of carboxylic acids is 1. The Bertz CT molecular complexity index is 1580. The van der Waals surface area contributed by atoms with E-state index in [-0.39, 0.29) is 30.3 Å². The Labute approximate surface area is 262 Å². The predicted octanol–water partition coefficient (Wildman–Crippen LogP) is 6.26. The maximum Gasteiger partial charge on any atom is 0.326 e. The SMILES string of the molecule is Cc1ccccc1-c1ccc(C(=O)N[C@@H](Cc2cccc(O)c2)C(=O)O)nc1-c1ccc(Cl)c(OCCCN(C)C)c1.Cl. The smallest absolute Gasteiger partial charge is 0.326 e. The molecule has 0 saturated carbocycles. The molecule has 1 atom stereocenters. The lowest BCUT2D eigenvalue weighted by molar-refractivity contribution is -0.139. The van der Waals surface area contributed by atoms with Crippen LogP contribution in [0.1, 0.15) is 28.0 Å². The van der Waals surface area contributed by atoms with Crippen LogP contribution in [0.5, 0.6) is 11.5 Å². The zero-order valence-corrected chi connectivity index (χ0v) is 25.8. The molecule has 0 fully saturated rings. The van der Waals surface area contributed by atoms with Gasteiger partial charge in [0, 0.05) is 24.1 Å². The molecule has 10 heteroatoms. The number of amides is 1. The summed E-state index contributed by atoms with van der Waals surface area (Å²) in [7, 11) is 4.00. The van der Waals surface area contributed by atoms with E-state index in [2.05, 4.69) is 10.2 Å². The molecule has 3 N–H and O–H groups in total. The van der Waals surface area contributed by atoms with E-state index < -0.39 is 17.9 Å². The van der Waals surface area contributed by atoms with E-state index in [1.165, 1.54) is 12.1 Å². The molecule has 1 aromatic heterocycles. The molecule has 0 unspecified atom stereocenters. The highest BCUT2D eigenvalue weighted by Gasteiger charge is 2.23. The number of ether oxygens (including phenoxy) is 1. The van der Waals surface area contributed by atoms with Gasteiger partial charge in [-0.15, -0.1) is 12.4 Å². The highest BCUT2D eigenvalue weighted by molar-refractivity contribution is 6.32. The molecular weight excluding hydrogens is 589 g/mol. The second kappa shape index (κ2) is 15.4. The van der Waals surface area contributed by atoms with Crippen LogP contribution in [0.2, 0.25) is 5.02 Å². The fourth-order valence-electron chi connectivity index (χ4n) is 4.57. The van der Waals surface area contributed by atoms with Gasteiger partial charge in [0.2, 0.25) is 0 Å². The van der Waals surface area contributed by atoms with E-state index in [1.54, 1.807) is 24.3 Å². The second-order valence-corrected chi connectivity index (χ2v) is 10.7. The molecule has 1 amide bonds. The molecule has 0 radical (unpaired) electrons. The first-order valence-corrected chi connectivity index (χ1v) is 14.0. The number of carbonyl (C=O) groups is 2. The van der Waals surface area contributed by atoms with Crippen LogP contribution in [0.4, 0.5) is 0 Å². The maximum absolute atomic E-state index is 13.3. The highest BCUT2D eigenvalue weighted by atomic mass is 35.5. The first-order chi connectivity index (χ1) is 20.1. The zero-order chi connectivity index (χ0) is 30.2. The van der Waals surface area contributed by atoms with Gasteiger partial charge < -0.3 is 25.2 Å². The molecule has 0 saturated heterocycles. The summed E-state index contributed by atoms with van der Waals surface area (Å²) in [6, 6.07) is 21.7. The fraction of sp³-hybridized carbons (Fsp3) is 0.242. The van der Waals surface area contributed by atoms with Gasteiger partial charge >= 0.3 is 5.97 Å². The first kappa shape index (κ1) is 33.4. The number of nitrogens with one attached hydrogen (secondary N) is 1. The molecule has 0 bridgehead atoms. The predicted molar refractivity (Wildman–Crippen MR) is 171 cm³/mol. The average molecular weight is 625 g/mol. The standard InChI is InChI=1S/C33H34ClN3O5.ClH/c1-21-8-4-5-11-25(21)26-13-15-28(32(39)36-29(33(40)41)19-22-9-6-10-24(38)18-22)35-31(26)23-12-14-27(34)30(20-23)42-17-7-16-37(2)3;/h4-6,8-15,18,20,29,38H,7,16-17,19H2,1-3H3,(H,36,39)(H,40,41);1H/t29-;/m0./s1. The molecule has 1 heterocycles. The quantitative estimate of drug-likeness (QED) is 0.160. The van der Waals surface area contributed by atoms with E-state index in [0.717, 1.165) is 29.7 Å². The monoisotopic (exact) mass is 623 g/mol. The lowest BCUT2D eigenvalue weighted by atomic mass is 9.95. The number of phenols is 1. The number of carboxylic acid groups (broad SMARTS) is 1. The van der Waals surface area contributed by atoms with Crippen LogP contribution >= 0.6 is 24.0 Å². The van der Waals surface area contributed by atoms with Crippen LogP contribution in [-0.4, -0.2) is 65.3 Å². The van der Waals surface area contributed by atoms with Crippen molar-refractivity contribution in [2.24, 2.45) is 0 Å². The summed E-state index contributed by atoms with van der Waals surface area (Å²) in [6.45, 7) is 3.35. The minimum atomic E-state index is -1.22. The van der Waals surface area contributed by atoms with E-state index in [9.17, 15) is 19.8 Å². The van der Waals surface area contributed by atoms with Gasteiger partial charge in [0.25, 0.3) is 5.91 Å². The number of halogens is 2. The van der Waals surface area contributed by atoms with Crippen molar-refractivity contribution < 1.29 is 24.5 Å². The molecule has 4 rings (SSSR count). The van der Waals surface area contributed by atoms with Gasteiger partial charge in [0.1, 0.15) is 23.2 Å². The first-order valence-electron chi connectivity index (χ1n) is 13.6. The third-order valence-electron chi connectivity index (χ3n) is 6.73. The zero-order valence-electron chi connectivity index (χ0n) is 24.2. The lowest BCUT2D eigenvalue weighted by Crippen LogP contribution is -2.42. The lowest BCUT2D eigenvalue weighted by Gasteiger charge is -2.17. The fourth-order valence-corrected chi connectivity index (χ4v) is 4.75. The topological polar surface area (TPSA) is 112 Å². The third kappa shape index (κ3) is 8.94. The number of carbonyl (C=O) groups excluding carboxylic acids is 1. The van der Waals surface area contributed by atoms with Crippen molar-refractivity contribution in [2.75, 3.05) is 27.2 Å². The molecule has 0 aliphatic rings. The average Bonchev–Trinajstić information content (AvgIpc) is 2.95. The van der Waals surface area contributed by atoms with Crippen molar-refractivity contribution in [1.82, 2.24) is 15.2 Å². The number of pyridine rings is 1. The maximum atomic E-state index is 13.3. The number of hydrogen-bond acceptors (Lipinski definition) is 6. The number of aromatic nitrogens is 1. The Morgan fingerprint density at radius 3 is 2.47 bits per heavy atom. The largest absolute Gasteiger partial charge is 0.508 e. The number of aryl methyl sites for hydroxylation is 1. The number of phenolic OH excluding ortho intramolecular Hbond substituents is 1. The Balaban J connectivity index is 0.00000506. The summed E-state index contributed by atoms with van der Waals surface area (Å²) in [5, 5.41) is 22.6. The summed E-state index contributed by atoms with van der Waals surface area (Å²) in [5.74, 6) is -1.30. The van der Waals surface area contributed by atoms with Crippen molar-refractivity contribution in [3.63, 3.8) is 0 Å². The third-order valence-corrected chi connectivity index (χ3v) is 7.04. The van der Waals surface area contributed by atoms with E-state index >= 15 is 0 Å². The van der Waals surface area contributed by atoms with Crippen molar-refractivity contribution in [2.45, 2.75) is 25.8 Å². The Kier molecular flexibility index (Phi) is 11.9. The number of hydrogen-bond donors (Lipinski definition) is 3. The number of aromatic hydroxyl groups is 1. The van der Waals surface area contributed by atoms with Crippen LogP contribution in [0, 0.1) is 6.92 Å². The normalized spacial score (nSPS) is 11.5. The van der Waals surface area contributed by atoms with Crippen LogP contribution in [0.15, 0.2) is 78.9 Å². The van der Waals surface area contributed by atoms with Crippen molar-refractivity contribution in [1.29, 1.82) is 0 Å². The minimum absolute atomic E-state index is 0. The van der Waals surface area contributed by atoms with Gasteiger partial charge in [0.15, 0.2) is 0 Å². The molecule has 0 aliphatic heterocycles. The molecular formula is C33H35Cl2N3O5. The summed E-state index contributed by atoms with van der Waals surface area (Å²) in [4.78, 5) is 32.2. The Hall–Kier alpha value is -4.11. The van der Waals surface area contributed by atoms with Gasteiger partial charge in [-0.1, -0.05) is 54.1 Å². The summed E-state index contributed by atoms with van der Waals surface area (Å²) in [6.07, 6.45) is 0.818. The number of rotatable bonds is 12. The second-order valence-electron chi connectivity index (χ2n) is 10.3. The van der Waals surface area contributed by atoms with Gasteiger partial charge in [-0.3, -0.25) is 4.79 Å². The molecule has 226 valence electrons. The van der Waals surface area contributed by atoms with Crippen LogP contribution in [0.25, 0.3) is 22.4 Å². The van der Waals surface area contributed by atoms with Crippen molar-refractivity contribution >= 4 is 35.9 Å². The molecule has 4 aromatic rings. The molecule has 0 aliphatic carbocycles. The Morgan fingerprint density at radius 1 is 1.00 bits per heavy atom. The molecule has 43 heavy (non-hydrogen) atoms. The Morgan fingerprint density at radius 2 is 1.77 bits per heavy atom. The van der Waals surface area contributed by atoms with E-state index in [0.29, 0.717) is 34.2 Å². The van der Waals surface area contributed by atoms with Gasteiger partial charge in [-0.2, -0.15) is 0 Å². The summed E-state index contributed by atoms with van der Waals surface area (Å²) >= 11 is 6.46. The summed E-state index contributed by atoms with van der Waals surface area (Å²) < 4.78 is 5.99. The number of nitrogens with zero attached hydrogens (tertiary/aromatic N) is 2. The number of aliphatic carboxylic acids is 1. The van der Waals surface area contributed by atoms with Crippen molar-refractivity contribution in [3.05, 3.63) is 101 Å². The highest BCUT2D eigenvalue weighted by Crippen LogP contribution is 2.36. The van der Waals surface area contributed by atoms with Gasteiger partial charge in [0.05, 0.1) is 17.3 Å².